The predicted octanol–water partition coefficient (Wildman–Crippen LogP) is 2.80. The van der Waals surface area contributed by atoms with E-state index in [1.807, 2.05) is 6.92 Å². The van der Waals surface area contributed by atoms with Gasteiger partial charge in [0.2, 0.25) is 10.0 Å². The normalized spacial score (nSPS) is 19.4. The largest absolute Gasteiger partial charge is 0.486 e. The highest BCUT2D eigenvalue weighted by atomic mass is 32.2. The minimum absolute atomic E-state index is 0.122. The summed E-state index contributed by atoms with van der Waals surface area (Å²) >= 11 is 0. The van der Waals surface area contributed by atoms with Gasteiger partial charge in [0.15, 0.2) is 11.5 Å². The van der Waals surface area contributed by atoms with Crippen molar-refractivity contribution in [2.45, 2.75) is 50.0 Å². The molecule has 1 saturated carbocycles. The number of hydrogen-bond donors (Lipinski definition) is 0. The first-order valence-corrected chi connectivity index (χ1v) is 9.48. The Hall–Kier alpha value is -1.27. The van der Waals surface area contributed by atoms with Crippen LogP contribution in [-0.4, -0.2) is 38.5 Å². The summed E-state index contributed by atoms with van der Waals surface area (Å²) in [5.41, 5.74) is 0. The Morgan fingerprint density at radius 3 is 2.45 bits per heavy atom. The van der Waals surface area contributed by atoms with Gasteiger partial charge in [-0.1, -0.05) is 26.2 Å². The van der Waals surface area contributed by atoms with Crippen molar-refractivity contribution >= 4 is 10.0 Å². The summed E-state index contributed by atoms with van der Waals surface area (Å²) in [5.74, 6) is 1.14. The molecule has 5 nitrogen and oxygen atoms in total. The van der Waals surface area contributed by atoms with Crippen molar-refractivity contribution in [3.8, 4) is 11.5 Å². The standard InChI is InChI=1S/C16H23NO4S/c1-2-17(13-6-4-3-5-7-13)22(18,19)14-8-9-15-16(12-14)21-11-10-20-15/h8-9,12-13H,2-7,10-11H2,1H3. The predicted molar refractivity (Wildman–Crippen MR) is 83.9 cm³/mol. The van der Waals surface area contributed by atoms with Crippen LogP contribution in [0.3, 0.4) is 0 Å². The number of rotatable bonds is 4. The van der Waals surface area contributed by atoms with Crippen LogP contribution in [-0.2, 0) is 10.0 Å². The smallest absolute Gasteiger partial charge is 0.243 e. The molecule has 2 aliphatic rings. The molecular weight excluding hydrogens is 302 g/mol. The van der Waals surface area contributed by atoms with Crippen LogP contribution in [0.4, 0.5) is 0 Å². The van der Waals surface area contributed by atoms with Crippen molar-refractivity contribution in [3.05, 3.63) is 18.2 Å². The molecule has 0 aromatic heterocycles. The van der Waals surface area contributed by atoms with E-state index in [0.717, 1.165) is 25.7 Å². The molecule has 0 N–H and O–H groups in total. The van der Waals surface area contributed by atoms with E-state index in [1.54, 1.807) is 22.5 Å². The Labute approximate surface area is 132 Å². The van der Waals surface area contributed by atoms with Crippen LogP contribution in [0.1, 0.15) is 39.0 Å². The first-order valence-electron chi connectivity index (χ1n) is 8.04. The van der Waals surface area contributed by atoms with E-state index in [0.29, 0.717) is 36.2 Å². The van der Waals surface area contributed by atoms with Crippen LogP contribution in [0.15, 0.2) is 23.1 Å². The van der Waals surface area contributed by atoms with Crippen LogP contribution < -0.4 is 9.47 Å². The van der Waals surface area contributed by atoms with Crippen LogP contribution in [0.2, 0.25) is 0 Å². The molecular formula is C16H23NO4S. The number of benzene rings is 1. The van der Waals surface area contributed by atoms with E-state index in [9.17, 15) is 8.42 Å². The van der Waals surface area contributed by atoms with Gasteiger partial charge in [-0.15, -0.1) is 0 Å². The van der Waals surface area contributed by atoms with Crippen LogP contribution in [0.5, 0.6) is 11.5 Å². The summed E-state index contributed by atoms with van der Waals surface area (Å²) in [6.07, 6.45) is 5.34. The second-order valence-corrected chi connectivity index (χ2v) is 7.70. The second kappa shape index (κ2) is 6.46. The van der Waals surface area contributed by atoms with Crippen molar-refractivity contribution in [2.75, 3.05) is 19.8 Å². The maximum atomic E-state index is 13.0. The summed E-state index contributed by atoms with van der Waals surface area (Å²) in [5, 5.41) is 0. The van der Waals surface area contributed by atoms with Gasteiger partial charge in [-0.3, -0.25) is 0 Å². The summed E-state index contributed by atoms with van der Waals surface area (Å²) in [4.78, 5) is 0.296. The molecule has 0 amide bonds. The minimum Gasteiger partial charge on any atom is -0.486 e. The zero-order chi connectivity index (χ0) is 15.6. The summed E-state index contributed by atoms with van der Waals surface area (Å²) < 4.78 is 38.6. The molecule has 0 unspecified atom stereocenters. The Balaban J connectivity index is 1.90. The quantitative estimate of drug-likeness (QED) is 0.854. The Morgan fingerprint density at radius 1 is 1.09 bits per heavy atom. The summed E-state index contributed by atoms with van der Waals surface area (Å²) in [6, 6.07) is 5.02. The Kier molecular flexibility index (Phi) is 4.59. The van der Waals surface area contributed by atoms with Crippen LogP contribution >= 0.6 is 0 Å². The highest BCUT2D eigenvalue weighted by Gasteiger charge is 2.31. The number of sulfonamides is 1. The number of ether oxygens (including phenoxy) is 2. The number of nitrogens with zero attached hydrogens (tertiary/aromatic N) is 1. The topological polar surface area (TPSA) is 55.8 Å². The molecule has 0 spiro atoms. The van der Waals surface area contributed by atoms with Crippen molar-refractivity contribution in [1.29, 1.82) is 0 Å². The lowest BCUT2D eigenvalue weighted by molar-refractivity contribution is 0.171. The van der Waals surface area contributed by atoms with Crippen molar-refractivity contribution in [1.82, 2.24) is 4.31 Å². The second-order valence-electron chi connectivity index (χ2n) is 5.81. The van der Waals surface area contributed by atoms with Gasteiger partial charge in [0.1, 0.15) is 13.2 Å². The highest BCUT2D eigenvalue weighted by molar-refractivity contribution is 7.89. The number of fused-ring (bicyclic) bond motifs is 1. The van der Waals surface area contributed by atoms with Gasteiger partial charge in [0, 0.05) is 18.7 Å². The first kappa shape index (κ1) is 15.6. The van der Waals surface area contributed by atoms with E-state index in [4.69, 9.17) is 9.47 Å². The van der Waals surface area contributed by atoms with Crippen LogP contribution in [0, 0.1) is 0 Å². The maximum Gasteiger partial charge on any atom is 0.243 e. The fourth-order valence-electron chi connectivity index (χ4n) is 3.31. The third-order valence-electron chi connectivity index (χ3n) is 4.41. The van der Waals surface area contributed by atoms with Crippen LogP contribution in [0.25, 0.3) is 0 Å². The lowest BCUT2D eigenvalue weighted by Gasteiger charge is -2.32. The zero-order valence-electron chi connectivity index (χ0n) is 13.0. The molecule has 1 aliphatic carbocycles. The lowest BCUT2D eigenvalue weighted by atomic mass is 9.95. The highest BCUT2D eigenvalue weighted by Crippen LogP contribution is 2.34. The summed E-state index contributed by atoms with van der Waals surface area (Å²) in [7, 11) is -3.49. The van der Waals surface area contributed by atoms with Crippen molar-refractivity contribution in [2.24, 2.45) is 0 Å². The minimum atomic E-state index is -3.49. The zero-order valence-corrected chi connectivity index (χ0v) is 13.8. The van der Waals surface area contributed by atoms with Gasteiger partial charge in [-0.25, -0.2) is 8.42 Å². The molecule has 0 atom stereocenters. The molecule has 1 fully saturated rings. The molecule has 122 valence electrons. The molecule has 1 aromatic rings. The monoisotopic (exact) mass is 325 g/mol. The fourth-order valence-corrected chi connectivity index (χ4v) is 5.02. The molecule has 6 heteroatoms. The van der Waals surface area contributed by atoms with Gasteiger partial charge in [0.05, 0.1) is 4.90 Å². The van der Waals surface area contributed by atoms with E-state index >= 15 is 0 Å². The fraction of sp³-hybridized carbons (Fsp3) is 0.625. The Bertz CT molecular complexity index is 623. The molecule has 22 heavy (non-hydrogen) atoms. The molecule has 0 saturated heterocycles. The molecule has 1 aliphatic heterocycles. The van der Waals surface area contributed by atoms with E-state index < -0.39 is 10.0 Å². The molecule has 0 bridgehead atoms. The van der Waals surface area contributed by atoms with Gasteiger partial charge in [0.25, 0.3) is 0 Å². The van der Waals surface area contributed by atoms with E-state index in [-0.39, 0.29) is 6.04 Å². The van der Waals surface area contributed by atoms with Gasteiger partial charge in [-0.2, -0.15) is 4.31 Å². The van der Waals surface area contributed by atoms with Crippen molar-refractivity contribution in [3.63, 3.8) is 0 Å². The van der Waals surface area contributed by atoms with Gasteiger partial charge < -0.3 is 9.47 Å². The molecule has 0 radical (unpaired) electrons. The molecule has 1 heterocycles. The van der Waals surface area contributed by atoms with Gasteiger partial charge in [-0.05, 0) is 25.0 Å². The molecule has 3 rings (SSSR count). The molecule has 1 aromatic carbocycles. The van der Waals surface area contributed by atoms with E-state index in [1.165, 1.54) is 6.42 Å². The number of hydrogen-bond acceptors (Lipinski definition) is 4. The van der Waals surface area contributed by atoms with E-state index in [2.05, 4.69) is 0 Å². The first-order chi connectivity index (χ1) is 10.6. The average Bonchev–Trinajstić information content (AvgIpc) is 2.56. The van der Waals surface area contributed by atoms with Gasteiger partial charge >= 0.3 is 0 Å². The SMILES string of the molecule is CCN(C1CCCCC1)S(=O)(=O)c1ccc2c(c1)OCCO2. The van der Waals surface area contributed by atoms with Crippen molar-refractivity contribution < 1.29 is 17.9 Å². The third kappa shape index (κ3) is 2.94. The Morgan fingerprint density at radius 2 is 1.77 bits per heavy atom. The third-order valence-corrected chi connectivity index (χ3v) is 6.44. The summed E-state index contributed by atoms with van der Waals surface area (Å²) in [6.45, 7) is 3.37. The lowest BCUT2D eigenvalue weighted by Crippen LogP contribution is -2.41. The maximum absolute atomic E-state index is 13.0. The average molecular weight is 325 g/mol.